The Kier molecular flexibility index (Phi) is 5.56. The van der Waals surface area contributed by atoms with E-state index in [2.05, 4.69) is 33.0 Å². The number of nitrogens with one attached hydrogen (secondary N) is 1. The lowest BCUT2D eigenvalue weighted by atomic mass is 9.88. The van der Waals surface area contributed by atoms with E-state index in [1.807, 2.05) is 6.07 Å². The molecule has 0 bridgehead atoms. The second-order valence-electron chi connectivity index (χ2n) is 5.97. The smallest absolute Gasteiger partial charge is 0.179 e. The Hall–Kier alpha value is -0.870. The maximum Gasteiger partial charge on any atom is 0.179 e. The van der Waals surface area contributed by atoms with Crippen molar-refractivity contribution in [1.82, 2.24) is 5.32 Å². The van der Waals surface area contributed by atoms with Crippen molar-refractivity contribution in [3.05, 3.63) is 30.3 Å². The minimum absolute atomic E-state index is 0.0438. The second-order valence-corrected chi connectivity index (χ2v) is 8.00. The Morgan fingerprint density at radius 1 is 1.16 bits per heavy atom. The summed E-state index contributed by atoms with van der Waals surface area (Å²) in [6, 6.07) is 8.63. The van der Waals surface area contributed by atoms with E-state index in [0.717, 1.165) is 13.0 Å². The Labute approximate surface area is 117 Å². The summed E-state index contributed by atoms with van der Waals surface area (Å²) in [5, 5.41) is 3.36. The van der Waals surface area contributed by atoms with Crippen molar-refractivity contribution in [2.24, 2.45) is 5.41 Å². The van der Waals surface area contributed by atoms with Crippen molar-refractivity contribution >= 4 is 9.84 Å². The molecular formula is C15H25NO2S. The number of hydrogen-bond acceptors (Lipinski definition) is 3. The fourth-order valence-corrected chi connectivity index (χ4v) is 3.70. The molecule has 0 saturated heterocycles. The van der Waals surface area contributed by atoms with E-state index in [4.69, 9.17) is 0 Å². The van der Waals surface area contributed by atoms with Gasteiger partial charge in [-0.1, -0.05) is 45.9 Å². The van der Waals surface area contributed by atoms with E-state index in [1.54, 1.807) is 24.3 Å². The zero-order valence-corrected chi connectivity index (χ0v) is 13.1. The van der Waals surface area contributed by atoms with E-state index in [9.17, 15) is 8.42 Å². The van der Waals surface area contributed by atoms with Crippen LogP contribution in [0.3, 0.4) is 0 Å². The summed E-state index contributed by atoms with van der Waals surface area (Å²) in [5.41, 5.74) is -0.0863. The van der Waals surface area contributed by atoms with Crippen LogP contribution in [-0.4, -0.2) is 26.8 Å². The zero-order chi connectivity index (χ0) is 14.5. The maximum absolute atomic E-state index is 12.4. The van der Waals surface area contributed by atoms with Crippen LogP contribution >= 0.6 is 0 Å². The highest BCUT2D eigenvalue weighted by atomic mass is 32.2. The molecule has 1 aromatic rings. The molecule has 108 valence electrons. The van der Waals surface area contributed by atoms with Crippen LogP contribution in [-0.2, 0) is 9.84 Å². The van der Waals surface area contributed by atoms with Crippen molar-refractivity contribution in [2.45, 2.75) is 45.1 Å². The van der Waals surface area contributed by atoms with Crippen LogP contribution < -0.4 is 5.32 Å². The van der Waals surface area contributed by atoms with Gasteiger partial charge in [0.25, 0.3) is 0 Å². The van der Waals surface area contributed by atoms with Crippen molar-refractivity contribution in [2.75, 3.05) is 12.3 Å². The lowest BCUT2D eigenvalue weighted by Crippen LogP contribution is -2.45. The van der Waals surface area contributed by atoms with Crippen molar-refractivity contribution in [3.63, 3.8) is 0 Å². The average Bonchev–Trinajstić information content (AvgIpc) is 2.34. The largest absolute Gasteiger partial charge is 0.312 e. The van der Waals surface area contributed by atoms with E-state index >= 15 is 0 Å². The van der Waals surface area contributed by atoms with Gasteiger partial charge in [-0.25, -0.2) is 8.42 Å². The van der Waals surface area contributed by atoms with Gasteiger partial charge in [0, 0.05) is 6.04 Å². The summed E-state index contributed by atoms with van der Waals surface area (Å²) in [5.74, 6) is 0.139. The van der Waals surface area contributed by atoms with Gasteiger partial charge in [-0.2, -0.15) is 0 Å². The van der Waals surface area contributed by atoms with Crippen molar-refractivity contribution in [3.8, 4) is 0 Å². The summed E-state index contributed by atoms with van der Waals surface area (Å²) in [6.45, 7) is 9.13. The van der Waals surface area contributed by atoms with Gasteiger partial charge in [-0.05, 0) is 30.5 Å². The van der Waals surface area contributed by atoms with Crippen LogP contribution in [0.4, 0.5) is 0 Å². The molecular weight excluding hydrogens is 258 g/mol. The molecule has 0 saturated carbocycles. The topological polar surface area (TPSA) is 46.2 Å². The molecule has 0 heterocycles. The molecule has 0 aromatic heterocycles. The lowest BCUT2D eigenvalue weighted by molar-refractivity contribution is 0.288. The van der Waals surface area contributed by atoms with Gasteiger partial charge in [-0.15, -0.1) is 0 Å². The molecule has 0 spiro atoms. The monoisotopic (exact) mass is 283 g/mol. The Morgan fingerprint density at radius 3 is 2.21 bits per heavy atom. The second kappa shape index (κ2) is 6.53. The molecule has 1 N–H and O–H groups in total. The molecule has 0 amide bonds. The Morgan fingerprint density at radius 2 is 1.74 bits per heavy atom. The van der Waals surface area contributed by atoms with E-state index in [0.29, 0.717) is 4.90 Å². The highest BCUT2D eigenvalue weighted by Gasteiger charge is 2.29. The summed E-state index contributed by atoms with van der Waals surface area (Å²) >= 11 is 0. The van der Waals surface area contributed by atoms with Crippen LogP contribution in [0.5, 0.6) is 0 Å². The van der Waals surface area contributed by atoms with Crippen LogP contribution in [0.2, 0.25) is 0 Å². The number of benzene rings is 1. The first-order chi connectivity index (χ1) is 8.77. The van der Waals surface area contributed by atoms with E-state index in [-0.39, 0.29) is 17.2 Å². The SMILES string of the molecule is CCCNC(CS(=O)(=O)c1ccccc1)C(C)(C)C. The molecule has 1 unspecified atom stereocenters. The highest BCUT2D eigenvalue weighted by molar-refractivity contribution is 7.91. The molecule has 1 rings (SSSR count). The number of rotatable bonds is 6. The molecule has 19 heavy (non-hydrogen) atoms. The molecule has 1 atom stereocenters. The van der Waals surface area contributed by atoms with Gasteiger partial charge in [-0.3, -0.25) is 0 Å². The first-order valence-corrected chi connectivity index (χ1v) is 8.44. The third kappa shape index (κ3) is 4.96. The summed E-state index contributed by atoms with van der Waals surface area (Å²) < 4.78 is 24.8. The van der Waals surface area contributed by atoms with Crippen LogP contribution in [0, 0.1) is 5.41 Å². The summed E-state index contributed by atoms with van der Waals surface area (Å²) in [7, 11) is -3.24. The van der Waals surface area contributed by atoms with Gasteiger partial charge in [0.05, 0.1) is 10.6 Å². The van der Waals surface area contributed by atoms with Crippen molar-refractivity contribution in [1.29, 1.82) is 0 Å². The normalized spacial score (nSPS) is 14.3. The molecule has 0 fully saturated rings. The van der Waals surface area contributed by atoms with Crippen LogP contribution in [0.25, 0.3) is 0 Å². The molecule has 0 aliphatic heterocycles. The maximum atomic E-state index is 12.4. The highest BCUT2D eigenvalue weighted by Crippen LogP contribution is 2.23. The average molecular weight is 283 g/mol. The molecule has 0 radical (unpaired) electrons. The summed E-state index contributed by atoms with van der Waals surface area (Å²) in [6.07, 6.45) is 0.998. The summed E-state index contributed by atoms with van der Waals surface area (Å²) in [4.78, 5) is 0.405. The standard InChI is InChI=1S/C15H25NO2S/c1-5-11-16-14(15(2,3)4)12-19(17,18)13-9-7-6-8-10-13/h6-10,14,16H,5,11-12H2,1-4H3. The van der Waals surface area contributed by atoms with Crippen molar-refractivity contribution < 1.29 is 8.42 Å². The van der Waals surface area contributed by atoms with Gasteiger partial charge in [0.15, 0.2) is 9.84 Å². The Bertz CT molecular complexity index is 475. The minimum atomic E-state index is -3.24. The third-order valence-corrected chi connectivity index (χ3v) is 4.94. The van der Waals surface area contributed by atoms with E-state index in [1.165, 1.54) is 0 Å². The lowest BCUT2D eigenvalue weighted by Gasteiger charge is -2.31. The first-order valence-electron chi connectivity index (χ1n) is 6.78. The molecule has 3 nitrogen and oxygen atoms in total. The zero-order valence-electron chi connectivity index (χ0n) is 12.3. The van der Waals surface area contributed by atoms with Gasteiger partial charge < -0.3 is 5.32 Å². The predicted molar refractivity (Wildman–Crippen MR) is 80.0 cm³/mol. The van der Waals surface area contributed by atoms with Gasteiger partial charge in [0.1, 0.15) is 0 Å². The fourth-order valence-electron chi connectivity index (χ4n) is 1.88. The molecule has 4 heteroatoms. The van der Waals surface area contributed by atoms with Gasteiger partial charge in [0.2, 0.25) is 0 Å². The number of sulfone groups is 1. The Balaban J connectivity index is 2.90. The predicted octanol–water partition coefficient (Wildman–Crippen LogP) is 2.87. The minimum Gasteiger partial charge on any atom is -0.312 e. The molecule has 1 aromatic carbocycles. The van der Waals surface area contributed by atoms with Gasteiger partial charge >= 0.3 is 0 Å². The third-order valence-electron chi connectivity index (χ3n) is 3.17. The first kappa shape index (κ1) is 16.2. The van der Waals surface area contributed by atoms with Crippen LogP contribution in [0.1, 0.15) is 34.1 Å². The quantitative estimate of drug-likeness (QED) is 0.873. The molecule has 0 aliphatic carbocycles. The fraction of sp³-hybridized carbons (Fsp3) is 0.600. The number of hydrogen-bond donors (Lipinski definition) is 1. The van der Waals surface area contributed by atoms with Crippen LogP contribution in [0.15, 0.2) is 35.2 Å². The molecule has 0 aliphatic rings. The van der Waals surface area contributed by atoms with E-state index < -0.39 is 9.84 Å².